The average molecular weight is 320 g/mol. The van der Waals surface area contributed by atoms with E-state index in [4.69, 9.17) is 10.00 Å². The molecule has 0 heterocycles. The van der Waals surface area contributed by atoms with Crippen LogP contribution in [-0.4, -0.2) is 7.11 Å². The highest BCUT2D eigenvalue weighted by molar-refractivity contribution is 9.10. The maximum atomic E-state index is 8.92. The van der Waals surface area contributed by atoms with Crippen LogP contribution in [0, 0.1) is 11.3 Å². The third-order valence-electron chi connectivity index (χ3n) is 2.34. The standard InChI is InChI=1S/C14H10BrNOS/c1-17-14-8-13(5-2-10(14)9-16)18-12-6-3-11(15)4-7-12/h2-8H,1H3. The lowest BCUT2D eigenvalue weighted by molar-refractivity contribution is 0.412. The minimum atomic E-state index is 0.553. The molecule has 2 aromatic carbocycles. The van der Waals surface area contributed by atoms with Crippen LogP contribution < -0.4 is 4.74 Å². The van der Waals surface area contributed by atoms with Crippen LogP contribution in [0.15, 0.2) is 56.7 Å². The quantitative estimate of drug-likeness (QED) is 0.836. The molecule has 0 N–H and O–H groups in total. The van der Waals surface area contributed by atoms with Crippen molar-refractivity contribution in [1.29, 1.82) is 5.26 Å². The van der Waals surface area contributed by atoms with Gasteiger partial charge in [-0.2, -0.15) is 5.26 Å². The maximum Gasteiger partial charge on any atom is 0.137 e. The number of nitriles is 1. The highest BCUT2D eigenvalue weighted by atomic mass is 79.9. The van der Waals surface area contributed by atoms with Gasteiger partial charge in [-0.3, -0.25) is 0 Å². The van der Waals surface area contributed by atoms with Crippen molar-refractivity contribution >= 4 is 27.7 Å². The molecule has 18 heavy (non-hydrogen) atoms. The zero-order chi connectivity index (χ0) is 13.0. The van der Waals surface area contributed by atoms with Crippen molar-refractivity contribution in [2.45, 2.75) is 9.79 Å². The molecule has 2 rings (SSSR count). The van der Waals surface area contributed by atoms with Gasteiger partial charge in [0.15, 0.2) is 0 Å². The van der Waals surface area contributed by atoms with Crippen molar-refractivity contribution in [2.75, 3.05) is 7.11 Å². The van der Waals surface area contributed by atoms with Crippen LogP contribution in [0.25, 0.3) is 0 Å². The fraction of sp³-hybridized carbons (Fsp3) is 0.0714. The van der Waals surface area contributed by atoms with Crippen molar-refractivity contribution in [3.63, 3.8) is 0 Å². The largest absolute Gasteiger partial charge is 0.495 e. The van der Waals surface area contributed by atoms with Crippen molar-refractivity contribution in [2.24, 2.45) is 0 Å². The van der Waals surface area contributed by atoms with Crippen molar-refractivity contribution in [3.05, 3.63) is 52.5 Å². The first kappa shape index (κ1) is 13.0. The summed E-state index contributed by atoms with van der Waals surface area (Å²) in [6, 6.07) is 15.8. The third-order valence-corrected chi connectivity index (χ3v) is 3.87. The van der Waals surface area contributed by atoms with E-state index in [9.17, 15) is 0 Å². The molecule has 0 bridgehead atoms. The summed E-state index contributed by atoms with van der Waals surface area (Å²) >= 11 is 5.04. The Kier molecular flexibility index (Phi) is 4.29. The highest BCUT2D eigenvalue weighted by Crippen LogP contribution is 2.32. The molecule has 0 saturated heterocycles. The minimum Gasteiger partial charge on any atom is -0.495 e. The molecule has 2 aromatic rings. The Morgan fingerprint density at radius 2 is 1.78 bits per heavy atom. The van der Waals surface area contributed by atoms with Gasteiger partial charge in [0.25, 0.3) is 0 Å². The Labute approximate surface area is 119 Å². The number of nitrogens with zero attached hydrogens (tertiary/aromatic N) is 1. The van der Waals surface area contributed by atoms with Gasteiger partial charge in [0.1, 0.15) is 11.8 Å². The fourth-order valence-corrected chi connectivity index (χ4v) is 2.58. The zero-order valence-corrected chi connectivity index (χ0v) is 12.1. The molecule has 0 unspecified atom stereocenters. The SMILES string of the molecule is COc1cc(Sc2ccc(Br)cc2)ccc1C#N. The van der Waals surface area contributed by atoms with E-state index < -0.39 is 0 Å². The lowest BCUT2D eigenvalue weighted by atomic mass is 10.2. The van der Waals surface area contributed by atoms with Crippen LogP contribution in [0.2, 0.25) is 0 Å². The highest BCUT2D eigenvalue weighted by Gasteiger charge is 2.05. The van der Waals surface area contributed by atoms with E-state index in [1.165, 1.54) is 0 Å². The number of halogens is 1. The molecule has 0 aliphatic rings. The second kappa shape index (κ2) is 5.94. The third kappa shape index (κ3) is 3.06. The van der Waals surface area contributed by atoms with Gasteiger partial charge in [-0.25, -0.2) is 0 Å². The van der Waals surface area contributed by atoms with Gasteiger partial charge in [-0.1, -0.05) is 27.7 Å². The number of hydrogen-bond acceptors (Lipinski definition) is 3. The van der Waals surface area contributed by atoms with Gasteiger partial charge in [-0.05, 0) is 42.5 Å². The molecule has 0 amide bonds. The topological polar surface area (TPSA) is 33.0 Å². The van der Waals surface area contributed by atoms with Gasteiger partial charge in [0.2, 0.25) is 0 Å². The van der Waals surface area contributed by atoms with Gasteiger partial charge in [-0.15, -0.1) is 0 Å². The van der Waals surface area contributed by atoms with E-state index in [0.717, 1.165) is 14.3 Å². The zero-order valence-electron chi connectivity index (χ0n) is 9.68. The molecule has 0 fully saturated rings. The maximum absolute atomic E-state index is 8.92. The van der Waals surface area contributed by atoms with Crippen molar-refractivity contribution in [3.8, 4) is 11.8 Å². The Balaban J connectivity index is 2.25. The van der Waals surface area contributed by atoms with Crippen LogP contribution >= 0.6 is 27.7 Å². The molecule has 0 saturated carbocycles. The first-order valence-corrected chi connectivity index (χ1v) is 6.85. The number of rotatable bonds is 3. The molecule has 0 aliphatic heterocycles. The molecular weight excluding hydrogens is 310 g/mol. The summed E-state index contributed by atoms with van der Waals surface area (Å²) in [6.45, 7) is 0. The lowest BCUT2D eigenvalue weighted by Gasteiger charge is -2.06. The molecule has 0 aromatic heterocycles. The second-order valence-corrected chi connectivity index (χ2v) is 5.59. The predicted octanol–water partition coefficient (Wildman–Crippen LogP) is 4.48. The fourth-order valence-electron chi connectivity index (χ4n) is 1.47. The van der Waals surface area contributed by atoms with Gasteiger partial charge in [0, 0.05) is 14.3 Å². The normalized spacial score (nSPS) is 9.83. The van der Waals surface area contributed by atoms with E-state index >= 15 is 0 Å². The molecule has 90 valence electrons. The van der Waals surface area contributed by atoms with E-state index in [1.807, 2.05) is 36.4 Å². The lowest BCUT2D eigenvalue weighted by Crippen LogP contribution is -1.87. The molecule has 0 radical (unpaired) electrons. The minimum absolute atomic E-state index is 0.553. The van der Waals surface area contributed by atoms with Crippen LogP contribution in [0.5, 0.6) is 5.75 Å². The summed E-state index contributed by atoms with van der Waals surface area (Å²) in [6.07, 6.45) is 0. The average Bonchev–Trinajstić information content (AvgIpc) is 2.41. The van der Waals surface area contributed by atoms with Crippen LogP contribution in [0.3, 0.4) is 0 Å². The predicted molar refractivity (Wildman–Crippen MR) is 76.0 cm³/mol. The summed E-state index contributed by atoms with van der Waals surface area (Å²) in [7, 11) is 1.57. The molecule has 0 aliphatic carbocycles. The van der Waals surface area contributed by atoms with Crippen molar-refractivity contribution < 1.29 is 4.74 Å². The van der Waals surface area contributed by atoms with Crippen LogP contribution in [-0.2, 0) is 0 Å². The monoisotopic (exact) mass is 319 g/mol. The van der Waals surface area contributed by atoms with E-state index in [0.29, 0.717) is 11.3 Å². The number of methoxy groups -OCH3 is 1. The van der Waals surface area contributed by atoms with Crippen LogP contribution in [0.4, 0.5) is 0 Å². The second-order valence-electron chi connectivity index (χ2n) is 3.53. The molecule has 0 atom stereocenters. The summed E-state index contributed by atoms with van der Waals surface area (Å²) < 4.78 is 6.25. The summed E-state index contributed by atoms with van der Waals surface area (Å²) in [5.41, 5.74) is 0.553. The smallest absolute Gasteiger partial charge is 0.137 e. The first-order valence-electron chi connectivity index (χ1n) is 5.24. The van der Waals surface area contributed by atoms with Crippen molar-refractivity contribution in [1.82, 2.24) is 0 Å². The Morgan fingerprint density at radius 1 is 1.11 bits per heavy atom. The summed E-state index contributed by atoms with van der Waals surface area (Å²) in [4.78, 5) is 2.19. The molecule has 2 nitrogen and oxygen atoms in total. The Hall–Kier alpha value is -1.44. The first-order chi connectivity index (χ1) is 8.72. The number of benzene rings is 2. The summed E-state index contributed by atoms with van der Waals surface area (Å²) in [5, 5.41) is 8.92. The van der Waals surface area contributed by atoms with E-state index in [-0.39, 0.29) is 0 Å². The number of ether oxygens (including phenoxy) is 1. The molecule has 4 heteroatoms. The molecular formula is C14H10BrNOS. The summed E-state index contributed by atoms with van der Waals surface area (Å²) in [5.74, 6) is 0.611. The van der Waals surface area contributed by atoms with Gasteiger partial charge < -0.3 is 4.74 Å². The van der Waals surface area contributed by atoms with Crippen LogP contribution in [0.1, 0.15) is 5.56 Å². The van der Waals surface area contributed by atoms with Gasteiger partial charge in [0.05, 0.1) is 12.7 Å². The van der Waals surface area contributed by atoms with Gasteiger partial charge >= 0.3 is 0 Å². The van der Waals surface area contributed by atoms with E-state index in [1.54, 1.807) is 24.9 Å². The van der Waals surface area contributed by atoms with E-state index in [2.05, 4.69) is 22.0 Å². The Morgan fingerprint density at radius 3 is 2.39 bits per heavy atom. The Bertz CT molecular complexity index is 590. The number of hydrogen-bond donors (Lipinski definition) is 0. The molecule has 0 spiro atoms.